The van der Waals surface area contributed by atoms with Gasteiger partial charge < -0.3 is 4.90 Å². The van der Waals surface area contributed by atoms with E-state index in [0.717, 1.165) is 41.8 Å². The fourth-order valence-corrected chi connectivity index (χ4v) is 7.84. The summed E-state index contributed by atoms with van der Waals surface area (Å²) in [5, 5.41) is 0.658. The highest BCUT2D eigenvalue weighted by Crippen LogP contribution is 2.31. The van der Waals surface area contributed by atoms with Gasteiger partial charge in [-0.2, -0.15) is 4.31 Å². The van der Waals surface area contributed by atoms with E-state index in [1.807, 2.05) is 19.1 Å². The highest BCUT2D eigenvalue weighted by Gasteiger charge is 2.32. The molecule has 4 rings (SSSR count). The zero-order chi connectivity index (χ0) is 26.7. The van der Waals surface area contributed by atoms with Gasteiger partial charge in [-0.3, -0.25) is 9.69 Å². The summed E-state index contributed by atoms with van der Waals surface area (Å²) in [6.07, 6.45) is 1.04. The number of aryl methyl sites for hydroxylation is 1. The van der Waals surface area contributed by atoms with Crippen LogP contribution in [0.3, 0.4) is 0 Å². The van der Waals surface area contributed by atoms with Crippen molar-refractivity contribution < 1.29 is 13.2 Å². The number of piperidine rings is 1. The molecule has 2 atom stereocenters. The van der Waals surface area contributed by atoms with Crippen molar-refractivity contribution in [3.8, 4) is 0 Å². The van der Waals surface area contributed by atoms with Gasteiger partial charge in [-0.05, 0) is 80.2 Å². The SMILES string of the molecule is CCN(CC)CCN(C(=O)c1ccc(S(=O)(=O)N2CC(C)CC(C)C2)cc1)c1nc2ccc(C)cc2s1.Cl. The first-order chi connectivity index (χ1) is 17.6. The lowest BCUT2D eigenvalue weighted by atomic mass is 9.94. The van der Waals surface area contributed by atoms with Crippen molar-refractivity contribution >= 4 is 55.0 Å². The second-order valence-corrected chi connectivity index (χ2v) is 13.2. The monoisotopic (exact) mass is 578 g/mol. The minimum atomic E-state index is -3.60. The number of amides is 1. The predicted octanol–water partition coefficient (Wildman–Crippen LogP) is 5.68. The molecule has 1 saturated heterocycles. The normalized spacial score (nSPS) is 18.5. The molecule has 38 heavy (non-hydrogen) atoms. The Kier molecular flexibility index (Phi) is 10.3. The molecule has 2 aromatic carbocycles. The van der Waals surface area contributed by atoms with Crippen molar-refractivity contribution in [2.45, 2.75) is 45.9 Å². The number of anilines is 1. The molecule has 10 heteroatoms. The van der Waals surface area contributed by atoms with Gasteiger partial charge in [-0.1, -0.05) is 45.1 Å². The Morgan fingerprint density at radius 2 is 1.66 bits per heavy atom. The molecule has 0 spiro atoms. The average Bonchev–Trinajstić information content (AvgIpc) is 3.28. The topological polar surface area (TPSA) is 73.8 Å². The molecule has 1 aliphatic heterocycles. The molecule has 0 bridgehead atoms. The molecule has 1 amide bonds. The number of nitrogens with zero attached hydrogens (tertiary/aromatic N) is 4. The number of thiazole rings is 1. The molecule has 0 saturated carbocycles. The number of halogens is 1. The van der Waals surface area contributed by atoms with Crippen LogP contribution in [0.15, 0.2) is 47.4 Å². The summed E-state index contributed by atoms with van der Waals surface area (Å²) < 4.78 is 29.2. The molecular weight excluding hydrogens is 540 g/mol. The van der Waals surface area contributed by atoms with E-state index in [4.69, 9.17) is 4.98 Å². The van der Waals surface area contributed by atoms with Crippen molar-refractivity contribution in [3.05, 3.63) is 53.6 Å². The summed E-state index contributed by atoms with van der Waals surface area (Å²) in [5.74, 6) is 0.486. The van der Waals surface area contributed by atoms with E-state index < -0.39 is 10.0 Å². The third-order valence-corrected chi connectivity index (χ3v) is 10.0. The van der Waals surface area contributed by atoms with Gasteiger partial charge in [-0.25, -0.2) is 13.4 Å². The Bertz CT molecular complexity index is 1330. The third kappa shape index (κ3) is 6.74. The maximum Gasteiger partial charge on any atom is 0.260 e. The second-order valence-electron chi connectivity index (χ2n) is 10.2. The average molecular weight is 579 g/mol. The molecule has 208 valence electrons. The zero-order valence-corrected chi connectivity index (χ0v) is 25.3. The van der Waals surface area contributed by atoms with Gasteiger partial charge in [-0.15, -0.1) is 12.4 Å². The summed E-state index contributed by atoms with van der Waals surface area (Å²) in [4.78, 5) is 22.7. The molecule has 1 fully saturated rings. The predicted molar refractivity (Wildman–Crippen MR) is 159 cm³/mol. The molecule has 7 nitrogen and oxygen atoms in total. The standard InChI is InChI=1S/C28H38N4O3S2.ClH/c1-6-30(7-2)14-15-32(28-29-25-13-8-20(3)17-26(25)36-28)27(33)23-9-11-24(12-10-23)37(34,35)31-18-21(4)16-22(5)19-31;/h8-13,17,21-22H,6-7,14-16,18-19H2,1-5H3;1H. The van der Waals surface area contributed by atoms with E-state index in [1.54, 1.807) is 33.5 Å². The Balaban J connectivity index is 0.00000400. The second kappa shape index (κ2) is 12.9. The van der Waals surface area contributed by atoms with Crippen LogP contribution in [-0.2, 0) is 10.0 Å². The van der Waals surface area contributed by atoms with Crippen LogP contribution in [0.2, 0.25) is 0 Å². The van der Waals surface area contributed by atoms with Gasteiger partial charge in [0.2, 0.25) is 10.0 Å². The van der Waals surface area contributed by atoms with Crippen LogP contribution in [0.25, 0.3) is 10.2 Å². The number of carbonyl (C=O) groups is 1. The molecular formula is C28H39ClN4O3S2. The lowest BCUT2D eigenvalue weighted by Crippen LogP contribution is -2.42. The van der Waals surface area contributed by atoms with Crippen LogP contribution >= 0.6 is 23.7 Å². The van der Waals surface area contributed by atoms with Gasteiger partial charge >= 0.3 is 0 Å². The molecule has 1 aliphatic rings. The van der Waals surface area contributed by atoms with Crippen molar-refractivity contribution in [2.24, 2.45) is 11.8 Å². The van der Waals surface area contributed by atoms with Gasteiger partial charge in [0, 0.05) is 31.7 Å². The number of likely N-dealkylation sites (N-methyl/N-ethyl adjacent to an activating group) is 1. The van der Waals surface area contributed by atoms with Gasteiger partial charge in [0.25, 0.3) is 5.91 Å². The molecule has 0 aliphatic carbocycles. The van der Waals surface area contributed by atoms with Crippen molar-refractivity contribution in [2.75, 3.05) is 44.2 Å². The molecule has 1 aromatic heterocycles. The first kappa shape index (κ1) is 30.5. The Hall–Kier alpha value is -2.04. The summed E-state index contributed by atoms with van der Waals surface area (Å²) >= 11 is 1.51. The number of fused-ring (bicyclic) bond motifs is 1. The van der Waals surface area contributed by atoms with E-state index in [0.29, 0.717) is 42.2 Å². The minimum absolute atomic E-state index is 0. The molecule has 3 aromatic rings. The number of rotatable bonds is 9. The summed E-state index contributed by atoms with van der Waals surface area (Å²) in [6.45, 7) is 14.5. The van der Waals surface area contributed by atoms with E-state index in [1.165, 1.54) is 11.3 Å². The maximum absolute atomic E-state index is 13.7. The van der Waals surface area contributed by atoms with Crippen molar-refractivity contribution in [3.63, 3.8) is 0 Å². The lowest BCUT2D eigenvalue weighted by molar-refractivity contribution is 0.0983. The number of hydrogen-bond donors (Lipinski definition) is 0. The number of sulfonamides is 1. The number of benzene rings is 2. The van der Waals surface area contributed by atoms with E-state index in [-0.39, 0.29) is 23.2 Å². The van der Waals surface area contributed by atoms with Gasteiger partial charge in [0.1, 0.15) is 0 Å². The first-order valence-electron chi connectivity index (χ1n) is 13.1. The largest absolute Gasteiger partial charge is 0.302 e. The Labute approximate surface area is 237 Å². The fraction of sp³-hybridized carbons (Fsp3) is 0.500. The van der Waals surface area contributed by atoms with E-state index in [9.17, 15) is 13.2 Å². The van der Waals surface area contributed by atoms with Crippen molar-refractivity contribution in [1.82, 2.24) is 14.2 Å². The van der Waals surface area contributed by atoms with Crippen LogP contribution in [0, 0.1) is 18.8 Å². The van der Waals surface area contributed by atoms with Gasteiger partial charge in [0.05, 0.1) is 15.1 Å². The first-order valence-corrected chi connectivity index (χ1v) is 15.4. The van der Waals surface area contributed by atoms with Crippen LogP contribution in [0.5, 0.6) is 0 Å². The van der Waals surface area contributed by atoms with Crippen LogP contribution < -0.4 is 4.90 Å². The van der Waals surface area contributed by atoms with Gasteiger partial charge in [0.15, 0.2) is 5.13 Å². The fourth-order valence-electron chi connectivity index (χ4n) is 5.08. The quantitative estimate of drug-likeness (QED) is 0.326. The minimum Gasteiger partial charge on any atom is -0.302 e. The Morgan fingerprint density at radius 3 is 2.26 bits per heavy atom. The highest BCUT2D eigenvalue weighted by molar-refractivity contribution is 7.89. The highest BCUT2D eigenvalue weighted by atomic mass is 35.5. The molecule has 2 unspecified atom stereocenters. The summed E-state index contributed by atoms with van der Waals surface area (Å²) in [7, 11) is -3.60. The number of carbonyl (C=O) groups excluding carboxylic acids is 1. The van der Waals surface area contributed by atoms with Crippen LogP contribution in [0.1, 0.15) is 50.0 Å². The van der Waals surface area contributed by atoms with E-state index >= 15 is 0 Å². The lowest BCUT2D eigenvalue weighted by Gasteiger charge is -2.34. The van der Waals surface area contributed by atoms with E-state index in [2.05, 4.69) is 38.7 Å². The maximum atomic E-state index is 13.7. The summed E-state index contributed by atoms with van der Waals surface area (Å²) in [6, 6.07) is 12.5. The van der Waals surface area contributed by atoms with Crippen molar-refractivity contribution in [1.29, 1.82) is 0 Å². The third-order valence-electron chi connectivity index (χ3n) is 7.12. The molecule has 0 N–H and O–H groups in total. The smallest absolute Gasteiger partial charge is 0.260 e. The molecule has 2 heterocycles. The Morgan fingerprint density at radius 1 is 1.03 bits per heavy atom. The molecule has 0 radical (unpaired) electrons. The zero-order valence-electron chi connectivity index (χ0n) is 22.9. The number of hydrogen-bond acceptors (Lipinski definition) is 6. The van der Waals surface area contributed by atoms with Crippen LogP contribution in [-0.4, -0.2) is 67.8 Å². The van der Waals surface area contributed by atoms with Crippen LogP contribution in [0.4, 0.5) is 5.13 Å². The summed E-state index contributed by atoms with van der Waals surface area (Å²) in [5.41, 5.74) is 2.48. The number of aromatic nitrogens is 1.